The molecule has 138 valence electrons. The molecule has 0 fully saturated rings. The number of rotatable bonds is 6. The second-order valence-corrected chi connectivity index (χ2v) is 7.48. The summed E-state index contributed by atoms with van der Waals surface area (Å²) in [5.74, 6) is 0.368. The molecule has 0 spiro atoms. The first-order valence-corrected chi connectivity index (χ1v) is 9.69. The molecule has 0 bridgehead atoms. The third-order valence-corrected chi connectivity index (χ3v) is 4.96. The van der Waals surface area contributed by atoms with Crippen LogP contribution < -0.4 is 10.1 Å². The van der Waals surface area contributed by atoms with Crippen molar-refractivity contribution in [1.29, 1.82) is 0 Å². The first kappa shape index (κ1) is 19.5. The van der Waals surface area contributed by atoms with E-state index in [1.54, 1.807) is 18.2 Å². The normalized spacial score (nSPS) is 11.7. The minimum Gasteiger partial charge on any atom is -0.483 e. The van der Waals surface area contributed by atoms with Crippen molar-refractivity contribution in [3.05, 3.63) is 99.0 Å². The Morgan fingerprint density at radius 2 is 1.70 bits per heavy atom. The molecule has 0 aliphatic rings. The van der Waals surface area contributed by atoms with Gasteiger partial charge >= 0.3 is 0 Å². The Morgan fingerprint density at radius 1 is 1.04 bits per heavy atom. The van der Waals surface area contributed by atoms with Gasteiger partial charge in [0.05, 0.1) is 10.5 Å². The second kappa shape index (κ2) is 9.07. The Kier molecular flexibility index (Phi) is 6.54. The molecule has 0 aliphatic heterocycles. The molecule has 1 atom stereocenters. The highest BCUT2D eigenvalue weighted by Gasteiger charge is 2.17. The number of aryl methyl sites for hydroxylation is 1. The van der Waals surface area contributed by atoms with Crippen molar-refractivity contribution in [2.75, 3.05) is 6.61 Å². The van der Waals surface area contributed by atoms with E-state index in [0.29, 0.717) is 15.2 Å². The average molecular weight is 445 g/mol. The van der Waals surface area contributed by atoms with E-state index in [1.165, 1.54) is 5.56 Å². The molecule has 0 unspecified atom stereocenters. The Bertz CT molecular complexity index is 913. The largest absolute Gasteiger partial charge is 0.483 e. The molecule has 0 aliphatic carbocycles. The van der Waals surface area contributed by atoms with Crippen LogP contribution in [0.15, 0.2) is 77.3 Å². The van der Waals surface area contributed by atoms with Crippen molar-refractivity contribution in [3.8, 4) is 5.75 Å². The summed E-state index contributed by atoms with van der Waals surface area (Å²) in [4.78, 5) is 12.5. The summed E-state index contributed by atoms with van der Waals surface area (Å²) in [5.41, 5.74) is 3.21. The predicted molar refractivity (Wildman–Crippen MR) is 112 cm³/mol. The molecule has 0 saturated carbocycles. The number of carbonyl (C=O) groups is 1. The number of halogens is 2. The van der Waals surface area contributed by atoms with E-state index >= 15 is 0 Å². The SMILES string of the molecule is Cc1ccc([C@H](NC(=O)COc2ccc(Cl)cc2Br)c2ccccc2)cc1. The summed E-state index contributed by atoms with van der Waals surface area (Å²) in [6, 6.07) is 23.0. The van der Waals surface area contributed by atoms with Crippen molar-refractivity contribution in [3.63, 3.8) is 0 Å². The summed E-state index contributed by atoms with van der Waals surface area (Å²) in [6.45, 7) is 1.95. The summed E-state index contributed by atoms with van der Waals surface area (Å²) in [7, 11) is 0. The Hall–Kier alpha value is -2.30. The Labute approximate surface area is 172 Å². The fourth-order valence-corrected chi connectivity index (χ4v) is 3.50. The molecule has 3 aromatic rings. The quantitative estimate of drug-likeness (QED) is 0.530. The maximum absolute atomic E-state index is 12.5. The minimum absolute atomic E-state index is 0.0879. The molecular formula is C22H19BrClNO2. The number of nitrogens with one attached hydrogen (secondary N) is 1. The van der Waals surface area contributed by atoms with Gasteiger partial charge in [0.1, 0.15) is 5.75 Å². The predicted octanol–water partition coefficient (Wildman–Crippen LogP) is 5.70. The van der Waals surface area contributed by atoms with Gasteiger partial charge in [-0.15, -0.1) is 0 Å². The molecule has 1 amide bonds. The van der Waals surface area contributed by atoms with Gasteiger partial charge in [0.25, 0.3) is 5.91 Å². The smallest absolute Gasteiger partial charge is 0.258 e. The summed E-state index contributed by atoms with van der Waals surface area (Å²) < 4.78 is 6.34. The van der Waals surface area contributed by atoms with Crippen LogP contribution >= 0.6 is 27.5 Å². The molecule has 0 saturated heterocycles. The maximum Gasteiger partial charge on any atom is 0.258 e. The van der Waals surface area contributed by atoms with E-state index in [2.05, 4.69) is 21.2 Å². The fourth-order valence-electron chi connectivity index (χ4n) is 2.70. The zero-order valence-electron chi connectivity index (χ0n) is 14.8. The van der Waals surface area contributed by atoms with Gasteiger partial charge in [-0.2, -0.15) is 0 Å². The first-order chi connectivity index (χ1) is 13.0. The van der Waals surface area contributed by atoms with Gasteiger partial charge in [0.2, 0.25) is 0 Å². The van der Waals surface area contributed by atoms with Gasteiger partial charge in [-0.1, -0.05) is 71.8 Å². The van der Waals surface area contributed by atoms with Crippen LogP contribution in [0.5, 0.6) is 5.75 Å². The van der Waals surface area contributed by atoms with E-state index < -0.39 is 0 Å². The summed E-state index contributed by atoms with van der Waals surface area (Å²) in [6.07, 6.45) is 0. The molecule has 3 rings (SSSR count). The summed E-state index contributed by atoms with van der Waals surface area (Å²) in [5, 5.41) is 3.66. The topological polar surface area (TPSA) is 38.3 Å². The van der Waals surface area contributed by atoms with E-state index in [1.807, 2.05) is 61.5 Å². The van der Waals surface area contributed by atoms with Crippen LogP contribution in [0.1, 0.15) is 22.7 Å². The van der Waals surface area contributed by atoms with Crippen molar-refractivity contribution < 1.29 is 9.53 Å². The van der Waals surface area contributed by atoms with Crippen LogP contribution in [-0.4, -0.2) is 12.5 Å². The number of amides is 1. The maximum atomic E-state index is 12.5. The number of hydrogen-bond acceptors (Lipinski definition) is 2. The highest BCUT2D eigenvalue weighted by Crippen LogP contribution is 2.28. The van der Waals surface area contributed by atoms with Gasteiger partial charge in [0.15, 0.2) is 6.61 Å². The van der Waals surface area contributed by atoms with Gasteiger partial charge in [-0.05, 0) is 52.2 Å². The lowest BCUT2D eigenvalue weighted by molar-refractivity contribution is -0.123. The van der Waals surface area contributed by atoms with E-state index in [9.17, 15) is 4.79 Å². The highest BCUT2D eigenvalue weighted by atomic mass is 79.9. The van der Waals surface area contributed by atoms with Gasteiger partial charge in [0, 0.05) is 5.02 Å². The van der Waals surface area contributed by atoms with Crippen LogP contribution in [0.2, 0.25) is 5.02 Å². The van der Waals surface area contributed by atoms with Crippen molar-refractivity contribution >= 4 is 33.4 Å². The van der Waals surface area contributed by atoms with Crippen LogP contribution in [0, 0.1) is 6.92 Å². The minimum atomic E-state index is -0.239. The molecule has 0 radical (unpaired) electrons. The van der Waals surface area contributed by atoms with Gasteiger partial charge in [-0.3, -0.25) is 4.79 Å². The molecule has 0 heterocycles. The lowest BCUT2D eigenvalue weighted by Crippen LogP contribution is -2.33. The van der Waals surface area contributed by atoms with Gasteiger partial charge < -0.3 is 10.1 Å². The van der Waals surface area contributed by atoms with Crippen LogP contribution in [-0.2, 0) is 4.79 Å². The molecular weight excluding hydrogens is 426 g/mol. The monoisotopic (exact) mass is 443 g/mol. The lowest BCUT2D eigenvalue weighted by atomic mass is 9.98. The van der Waals surface area contributed by atoms with Crippen LogP contribution in [0.4, 0.5) is 0 Å². The molecule has 5 heteroatoms. The average Bonchev–Trinajstić information content (AvgIpc) is 2.67. The van der Waals surface area contributed by atoms with Crippen LogP contribution in [0.25, 0.3) is 0 Å². The zero-order chi connectivity index (χ0) is 19.2. The van der Waals surface area contributed by atoms with Crippen LogP contribution in [0.3, 0.4) is 0 Å². The third-order valence-electron chi connectivity index (χ3n) is 4.10. The molecule has 27 heavy (non-hydrogen) atoms. The number of ether oxygens (including phenoxy) is 1. The van der Waals surface area contributed by atoms with Crippen molar-refractivity contribution in [2.24, 2.45) is 0 Å². The Balaban J connectivity index is 1.73. The van der Waals surface area contributed by atoms with Crippen molar-refractivity contribution in [1.82, 2.24) is 5.32 Å². The van der Waals surface area contributed by atoms with Crippen molar-refractivity contribution in [2.45, 2.75) is 13.0 Å². The summed E-state index contributed by atoms with van der Waals surface area (Å²) >= 11 is 9.32. The third kappa shape index (κ3) is 5.34. The fraction of sp³-hybridized carbons (Fsp3) is 0.136. The first-order valence-electron chi connectivity index (χ1n) is 8.51. The highest BCUT2D eigenvalue weighted by molar-refractivity contribution is 9.10. The number of hydrogen-bond donors (Lipinski definition) is 1. The molecule has 0 aromatic heterocycles. The Morgan fingerprint density at radius 3 is 2.37 bits per heavy atom. The zero-order valence-corrected chi connectivity index (χ0v) is 17.1. The standard InChI is InChI=1S/C22H19BrClNO2/c1-15-7-9-17(10-8-15)22(16-5-3-2-4-6-16)25-21(26)14-27-20-12-11-18(24)13-19(20)23/h2-13,22H,14H2,1H3,(H,25,26)/t22-/m1/s1. The van der Waals surface area contributed by atoms with E-state index in [4.69, 9.17) is 16.3 Å². The lowest BCUT2D eigenvalue weighted by Gasteiger charge is -2.20. The van der Waals surface area contributed by atoms with E-state index in [0.717, 1.165) is 11.1 Å². The number of carbonyl (C=O) groups excluding carboxylic acids is 1. The molecule has 3 aromatic carbocycles. The molecule has 3 nitrogen and oxygen atoms in total. The second-order valence-electron chi connectivity index (χ2n) is 6.19. The van der Waals surface area contributed by atoms with Gasteiger partial charge in [-0.25, -0.2) is 0 Å². The number of benzene rings is 3. The molecule has 1 N–H and O–H groups in total. The van der Waals surface area contributed by atoms with E-state index in [-0.39, 0.29) is 18.6 Å².